The maximum Gasteiger partial charge on any atom is 0.0369 e. The Balaban J connectivity index is 2.00. The van der Waals surface area contributed by atoms with Gasteiger partial charge in [-0.25, -0.2) is 0 Å². The van der Waals surface area contributed by atoms with Gasteiger partial charge >= 0.3 is 0 Å². The molecular formula is C18H21N. The second kappa shape index (κ2) is 6.79. The van der Waals surface area contributed by atoms with Crippen LogP contribution in [0.4, 0.5) is 5.69 Å². The van der Waals surface area contributed by atoms with E-state index in [-0.39, 0.29) is 0 Å². The molecule has 1 heteroatoms. The van der Waals surface area contributed by atoms with E-state index in [2.05, 4.69) is 79.4 Å². The number of rotatable bonds is 5. The van der Waals surface area contributed by atoms with E-state index in [4.69, 9.17) is 0 Å². The highest BCUT2D eigenvalue weighted by Crippen LogP contribution is 2.14. The Hall–Kier alpha value is -2.02. The average molecular weight is 251 g/mol. The summed E-state index contributed by atoms with van der Waals surface area (Å²) in [4.78, 5) is 2.36. The molecule has 0 aromatic heterocycles. The average Bonchev–Trinajstić information content (AvgIpc) is 2.46. The predicted molar refractivity (Wildman–Crippen MR) is 84.5 cm³/mol. The number of likely N-dealkylation sites (N-methyl/N-ethyl adjacent to an activating group) is 1. The number of benzene rings is 2. The molecule has 0 amide bonds. The second-order valence-electron chi connectivity index (χ2n) is 4.69. The first kappa shape index (κ1) is 13.4. The van der Waals surface area contributed by atoms with Gasteiger partial charge in [0.2, 0.25) is 0 Å². The lowest BCUT2D eigenvalue weighted by Crippen LogP contribution is -2.22. The van der Waals surface area contributed by atoms with E-state index in [1.54, 1.807) is 0 Å². The Labute approximate surface area is 116 Å². The zero-order valence-corrected chi connectivity index (χ0v) is 11.7. The van der Waals surface area contributed by atoms with E-state index in [1.165, 1.54) is 16.8 Å². The van der Waals surface area contributed by atoms with E-state index in [9.17, 15) is 0 Å². The minimum absolute atomic E-state index is 0.939. The molecule has 0 atom stereocenters. The van der Waals surface area contributed by atoms with Gasteiger partial charge in [0.15, 0.2) is 0 Å². The summed E-state index contributed by atoms with van der Waals surface area (Å²) < 4.78 is 0. The molecule has 2 aromatic carbocycles. The fourth-order valence-corrected chi connectivity index (χ4v) is 2.05. The van der Waals surface area contributed by atoms with Crippen LogP contribution >= 0.6 is 0 Å². The number of aryl methyl sites for hydroxylation is 1. The van der Waals surface area contributed by atoms with Crippen LogP contribution in [0.2, 0.25) is 0 Å². The molecule has 0 aliphatic heterocycles. The standard InChI is InChI=1S/C18H21N/c1-3-19(18-13-11-16(2)12-14-18)15-7-10-17-8-5-4-6-9-17/h4-14H,3,15H2,1-2H3/b10-7+. The molecular weight excluding hydrogens is 230 g/mol. The molecule has 2 rings (SSSR count). The highest BCUT2D eigenvalue weighted by molar-refractivity contribution is 5.52. The van der Waals surface area contributed by atoms with Gasteiger partial charge in [-0.3, -0.25) is 0 Å². The molecule has 0 fully saturated rings. The first-order valence-electron chi connectivity index (χ1n) is 6.83. The van der Waals surface area contributed by atoms with Crippen molar-refractivity contribution in [1.82, 2.24) is 0 Å². The lowest BCUT2D eigenvalue weighted by atomic mass is 10.2. The topological polar surface area (TPSA) is 3.24 Å². The SMILES string of the molecule is CCN(C/C=C/c1ccccc1)c1ccc(C)cc1. The predicted octanol–water partition coefficient (Wildman–Crippen LogP) is 4.53. The van der Waals surface area contributed by atoms with E-state index in [0.717, 1.165) is 13.1 Å². The molecule has 1 nitrogen and oxygen atoms in total. The molecule has 0 saturated carbocycles. The summed E-state index contributed by atoms with van der Waals surface area (Å²) in [5.74, 6) is 0. The van der Waals surface area contributed by atoms with Crippen LogP contribution in [0.15, 0.2) is 60.7 Å². The lowest BCUT2D eigenvalue weighted by molar-refractivity contribution is 0.907. The smallest absolute Gasteiger partial charge is 0.0369 e. The Morgan fingerprint density at radius 1 is 0.947 bits per heavy atom. The minimum Gasteiger partial charge on any atom is -0.368 e. The van der Waals surface area contributed by atoms with Crippen LogP contribution in [0.5, 0.6) is 0 Å². The van der Waals surface area contributed by atoms with Crippen molar-refractivity contribution in [2.45, 2.75) is 13.8 Å². The number of hydrogen-bond acceptors (Lipinski definition) is 1. The van der Waals surface area contributed by atoms with Crippen molar-refractivity contribution in [2.75, 3.05) is 18.0 Å². The summed E-state index contributed by atoms with van der Waals surface area (Å²) in [6.07, 6.45) is 4.40. The van der Waals surface area contributed by atoms with E-state index < -0.39 is 0 Å². The molecule has 0 bridgehead atoms. The molecule has 2 aromatic rings. The zero-order chi connectivity index (χ0) is 13.5. The molecule has 0 unspecified atom stereocenters. The van der Waals surface area contributed by atoms with Crippen LogP contribution in [0, 0.1) is 6.92 Å². The van der Waals surface area contributed by atoms with Crippen molar-refractivity contribution in [1.29, 1.82) is 0 Å². The van der Waals surface area contributed by atoms with Gasteiger partial charge in [-0.2, -0.15) is 0 Å². The summed E-state index contributed by atoms with van der Waals surface area (Å²) in [5.41, 5.74) is 3.84. The molecule has 0 N–H and O–H groups in total. The van der Waals surface area contributed by atoms with Gasteiger partial charge in [0.1, 0.15) is 0 Å². The summed E-state index contributed by atoms with van der Waals surface area (Å²) in [6, 6.07) is 19.1. The summed E-state index contributed by atoms with van der Waals surface area (Å²) in [6.45, 7) is 6.27. The van der Waals surface area contributed by atoms with Crippen LogP contribution in [0.3, 0.4) is 0 Å². The monoisotopic (exact) mass is 251 g/mol. The third-order valence-electron chi connectivity index (χ3n) is 3.22. The van der Waals surface area contributed by atoms with Gasteiger partial charge in [-0.1, -0.05) is 60.2 Å². The fourth-order valence-electron chi connectivity index (χ4n) is 2.05. The zero-order valence-electron chi connectivity index (χ0n) is 11.7. The van der Waals surface area contributed by atoms with E-state index >= 15 is 0 Å². The number of hydrogen-bond donors (Lipinski definition) is 0. The number of anilines is 1. The minimum atomic E-state index is 0.939. The molecule has 0 radical (unpaired) electrons. The highest BCUT2D eigenvalue weighted by Gasteiger charge is 2.00. The second-order valence-corrected chi connectivity index (χ2v) is 4.69. The first-order valence-corrected chi connectivity index (χ1v) is 6.83. The Bertz CT molecular complexity index is 511. The molecule has 0 heterocycles. The summed E-state index contributed by atoms with van der Waals surface area (Å²) in [5, 5.41) is 0. The van der Waals surface area contributed by atoms with Crippen molar-refractivity contribution in [3.8, 4) is 0 Å². The lowest BCUT2D eigenvalue weighted by Gasteiger charge is -2.21. The van der Waals surface area contributed by atoms with Crippen molar-refractivity contribution in [3.63, 3.8) is 0 Å². The fraction of sp³-hybridized carbons (Fsp3) is 0.222. The van der Waals surface area contributed by atoms with Gasteiger partial charge < -0.3 is 4.90 Å². The maximum absolute atomic E-state index is 2.36. The normalized spacial score (nSPS) is 10.8. The van der Waals surface area contributed by atoms with Gasteiger partial charge in [0, 0.05) is 18.8 Å². The first-order chi connectivity index (χ1) is 9.29. The Morgan fingerprint density at radius 3 is 2.26 bits per heavy atom. The van der Waals surface area contributed by atoms with Crippen LogP contribution in [0.1, 0.15) is 18.1 Å². The van der Waals surface area contributed by atoms with E-state index in [0.29, 0.717) is 0 Å². The largest absolute Gasteiger partial charge is 0.368 e. The van der Waals surface area contributed by atoms with Crippen LogP contribution in [-0.2, 0) is 0 Å². The van der Waals surface area contributed by atoms with Crippen molar-refractivity contribution in [3.05, 3.63) is 71.8 Å². The van der Waals surface area contributed by atoms with Crippen LogP contribution < -0.4 is 4.90 Å². The third kappa shape index (κ3) is 3.99. The quantitative estimate of drug-likeness (QED) is 0.754. The van der Waals surface area contributed by atoms with Crippen molar-refractivity contribution < 1.29 is 0 Å². The molecule has 98 valence electrons. The molecule has 0 saturated heterocycles. The number of nitrogens with zero attached hydrogens (tertiary/aromatic N) is 1. The summed E-state index contributed by atoms with van der Waals surface area (Å²) in [7, 11) is 0. The Kier molecular flexibility index (Phi) is 4.79. The highest BCUT2D eigenvalue weighted by atomic mass is 15.1. The summed E-state index contributed by atoms with van der Waals surface area (Å²) >= 11 is 0. The van der Waals surface area contributed by atoms with Gasteiger partial charge in [-0.15, -0.1) is 0 Å². The van der Waals surface area contributed by atoms with E-state index in [1.807, 2.05) is 6.07 Å². The molecule has 19 heavy (non-hydrogen) atoms. The van der Waals surface area contributed by atoms with Gasteiger partial charge in [-0.05, 0) is 31.5 Å². The van der Waals surface area contributed by atoms with Crippen LogP contribution in [-0.4, -0.2) is 13.1 Å². The third-order valence-corrected chi connectivity index (χ3v) is 3.22. The Morgan fingerprint density at radius 2 is 1.63 bits per heavy atom. The van der Waals surface area contributed by atoms with Gasteiger partial charge in [0.25, 0.3) is 0 Å². The molecule has 0 aliphatic carbocycles. The van der Waals surface area contributed by atoms with Gasteiger partial charge in [0.05, 0.1) is 0 Å². The van der Waals surface area contributed by atoms with Crippen molar-refractivity contribution >= 4 is 11.8 Å². The molecule has 0 spiro atoms. The maximum atomic E-state index is 2.36. The molecule has 0 aliphatic rings. The van der Waals surface area contributed by atoms with Crippen molar-refractivity contribution in [2.24, 2.45) is 0 Å². The van der Waals surface area contributed by atoms with Crippen LogP contribution in [0.25, 0.3) is 6.08 Å².